The van der Waals surface area contributed by atoms with Gasteiger partial charge in [-0.05, 0) is 19.5 Å². The summed E-state index contributed by atoms with van der Waals surface area (Å²) in [5.74, 6) is 0. The number of likely N-dealkylation sites (tertiary alicyclic amines) is 1. The van der Waals surface area contributed by atoms with Crippen LogP contribution in [-0.4, -0.2) is 45.2 Å². The second-order valence-corrected chi connectivity index (χ2v) is 5.05. The molecule has 0 radical (unpaired) electrons. The molecule has 0 saturated carbocycles. The van der Waals surface area contributed by atoms with Crippen LogP contribution >= 0.6 is 0 Å². The smallest absolute Gasteiger partial charge is 0.208 e. The summed E-state index contributed by atoms with van der Waals surface area (Å²) in [5.41, 5.74) is 0. The molecule has 1 saturated heterocycles. The molecule has 12 heavy (non-hydrogen) atoms. The lowest BCUT2D eigenvalue weighted by Gasteiger charge is -2.12. The summed E-state index contributed by atoms with van der Waals surface area (Å²) in [6, 6.07) is 0.125. The van der Waals surface area contributed by atoms with Crippen molar-refractivity contribution in [1.82, 2.24) is 9.62 Å². The zero-order chi connectivity index (χ0) is 9.19. The zero-order valence-electron chi connectivity index (χ0n) is 7.58. The Morgan fingerprint density at radius 1 is 1.58 bits per heavy atom. The summed E-state index contributed by atoms with van der Waals surface area (Å²) in [4.78, 5) is 2.24. The minimum absolute atomic E-state index is 0.125. The van der Waals surface area contributed by atoms with Gasteiger partial charge in [-0.15, -0.1) is 0 Å². The maximum atomic E-state index is 10.9. The molecule has 1 unspecified atom stereocenters. The van der Waals surface area contributed by atoms with E-state index < -0.39 is 10.0 Å². The highest BCUT2D eigenvalue weighted by Gasteiger charge is 2.23. The lowest BCUT2D eigenvalue weighted by molar-refractivity contribution is 0.351. The fourth-order valence-corrected chi connectivity index (χ4v) is 2.32. The first-order valence-electron chi connectivity index (χ1n) is 4.21. The van der Waals surface area contributed by atoms with Crippen molar-refractivity contribution in [2.45, 2.75) is 19.4 Å². The Hall–Kier alpha value is -0.130. The van der Waals surface area contributed by atoms with Crippen molar-refractivity contribution in [3.8, 4) is 0 Å². The molecule has 72 valence electrons. The first kappa shape index (κ1) is 9.95. The molecular weight excluding hydrogens is 176 g/mol. The van der Waals surface area contributed by atoms with Crippen molar-refractivity contribution in [3.63, 3.8) is 0 Å². The van der Waals surface area contributed by atoms with Gasteiger partial charge in [0.15, 0.2) is 0 Å². The summed E-state index contributed by atoms with van der Waals surface area (Å²) >= 11 is 0. The van der Waals surface area contributed by atoms with E-state index in [1.807, 2.05) is 0 Å². The molecule has 1 N–H and O–H groups in total. The Bertz CT molecular complexity index is 238. The van der Waals surface area contributed by atoms with Gasteiger partial charge in [-0.25, -0.2) is 13.1 Å². The molecule has 1 aliphatic rings. The number of nitrogens with zero attached hydrogens (tertiary/aromatic N) is 1. The molecule has 0 bridgehead atoms. The standard InChI is InChI=1S/C7H16N2O2S/c1-3-9-5-4-7(6-9)8-12(2,10)11/h7-8H,3-6H2,1-2H3. The largest absolute Gasteiger partial charge is 0.302 e. The van der Waals surface area contributed by atoms with E-state index in [0.29, 0.717) is 0 Å². The SMILES string of the molecule is CCN1CCC(NS(C)(=O)=O)C1. The Labute approximate surface area is 74.0 Å². The van der Waals surface area contributed by atoms with Crippen LogP contribution in [0.3, 0.4) is 0 Å². The monoisotopic (exact) mass is 192 g/mol. The molecule has 1 atom stereocenters. The van der Waals surface area contributed by atoms with Crippen LogP contribution in [-0.2, 0) is 10.0 Å². The van der Waals surface area contributed by atoms with Crippen LogP contribution in [0.2, 0.25) is 0 Å². The molecule has 0 aromatic rings. The van der Waals surface area contributed by atoms with Crippen LogP contribution in [0.4, 0.5) is 0 Å². The second-order valence-electron chi connectivity index (χ2n) is 3.27. The van der Waals surface area contributed by atoms with Gasteiger partial charge in [-0.1, -0.05) is 6.92 Å². The van der Waals surface area contributed by atoms with Crippen molar-refractivity contribution in [1.29, 1.82) is 0 Å². The maximum Gasteiger partial charge on any atom is 0.208 e. The highest BCUT2D eigenvalue weighted by atomic mass is 32.2. The quantitative estimate of drug-likeness (QED) is 0.664. The predicted molar refractivity (Wildman–Crippen MR) is 48.5 cm³/mol. The third-order valence-electron chi connectivity index (χ3n) is 2.10. The number of hydrogen-bond acceptors (Lipinski definition) is 3. The van der Waals surface area contributed by atoms with Crippen molar-refractivity contribution in [3.05, 3.63) is 0 Å². The van der Waals surface area contributed by atoms with Crippen LogP contribution in [0.5, 0.6) is 0 Å². The van der Waals surface area contributed by atoms with Gasteiger partial charge in [0.25, 0.3) is 0 Å². The van der Waals surface area contributed by atoms with Gasteiger partial charge in [0.05, 0.1) is 6.26 Å². The molecule has 0 aliphatic carbocycles. The van der Waals surface area contributed by atoms with Gasteiger partial charge in [0.2, 0.25) is 10.0 Å². The van der Waals surface area contributed by atoms with Gasteiger partial charge in [-0.3, -0.25) is 0 Å². The fraction of sp³-hybridized carbons (Fsp3) is 1.00. The first-order valence-corrected chi connectivity index (χ1v) is 6.10. The van der Waals surface area contributed by atoms with E-state index >= 15 is 0 Å². The minimum atomic E-state index is -3.02. The Kier molecular flexibility index (Phi) is 3.09. The maximum absolute atomic E-state index is 10.9. The van der Waals surface area contributed by atoms with Gasteiger partial charge >= 0.3 is 0 Å². The van der Waals surface area contributed by atoms with E-state index in [2.05, 4.69) is 16.5 Å². The molecule has 0 aromatic heterocycles. The summed E-state index contributed by atoms with van der Waals surface area (Å²) in [5, 5.41) is 0. The van der Waals surface area contributed by atoms with E-state index in [-0.39, 0.29) is 6.04 Å². The Balaban J connectivity index is 2.38. The van der Waals surface area contributed by atoms with E-state index in [1.165, 1.54) is 6.26 Å². The summed E-state index contributed by atoms with van der Waals surface area (Å²) < 4.78 is 24.3. The predicted octanol–water partition coefficient (Wildman–Crippen LogP) is -0.370. The molecule has 1 fully saturated rings. The van der Waals surface area contributed by atoms with Gasteiger partial charge < -0.3 is 4.90 Å². The fourth-order valence-electron chi connectivity index (χ4n) is 1.52. The average Bonchev–Trinajstić information content (AvgIpc) is 2.32. The minimum Gasteiger partial charge on any atom is -0.302 e. The average molecular weight is 192 g/mol. The molecular formula is C7H16N2O2S. The Morgan fingerprint density at radius 2 is 2.25 bits per heavy atom. The molecule has 5 heteroatoms. The number of rotatable bonds is 3. The summed E-state index contributed by atoms with van der Waals surface area (Å²) in [7, 11) is -3.02. The third kappa shape index (κ3) is 3.08. The highest BCUT2D eigenvalue weighted by molar-refractivity contribution is 7.88. The van der Waals surface area contributed by atoms with Crippen LogP contribution in [0, 0.1) is 0 Å². The number of likely N-dealkylation sites (N-methyl/N-ethyl adjacent to an activating group) is 1. The lowest BCUT2D eigenvalue weighted by atomic mass is 10.3. The number of sulfonamides is 1. The van der Waals surface area contributed by atoms with Gasteiger partial charge in [-0.2, -0.15) is 0 Å². The number of nitrogens with one attached hydrogen (secondary N) is 1. The first-order chi connectivity index (χ1) is 5.51. The van der Waals surface area contributed by atoms with Crippen LogP contribution < -0.4 is 4.72 Å². The van der Waals surface area contributed by atoms with Crippen molar-refractivity contribution in [2.75, 3.05) is 25.9 Å². The summed E-state index contributed by atoms with van der Waals surface area (Å²) in [6.07, 6.45) is 2.14. The zero-order valence-corrected chi connectivity index (χ0v) is 8.39. The lowest BCUT2D eigenvalue weighted by Crippen LogP contribution is -2.36. The van der Waals surface area contributed by atoms with Gasteiger partial charge in [0.1, 0.15) is 0 Å². The summed E-state index contributed by atoms with van der Waals surface area (Å²) in [6.45, 7) is 4.94. The molecule has 1 heterocycles. The van der Waals surface area contributed by atoms with E-state index in [0.717, 1.165) is 26.1 Å². The molecule has 1 aliphatic heterocycles. The van der Waals surface area contributed by atoms with Crippen LogP contribution in [0.1, 0.15) is 13.3 Å². The molecule has 0 amide bonds. The Morgan fingerprint density at radius 3 is 2.67 bits per heavy atom. The van der Waals surface area contributed by atoms with Gasteiger partial charge in [0, 0.05) is 12.6 Å². The topological polar surface area (TPSA) is 49.4 Å². The molecule has 0 aromatic carbocycles. The highest BCUT2D eigenvalue weighted by Crippen LogP contribution is 2.08. The molecule has 4 nitrogen and oxygen atoms in total. The van der Waals surface area contributed by atoms with E-state index in [4.69, 9.17) is 0 Å². The van der Waals surface area contributed by atoms with Crippen LogP contribution in [0.25, 0.3) is 0 Å². The second kappa shape index (κ2) is 3.72. The van der Waals surface area contributed by atoms with E-state index in [1.54, 1.807) is 0 Å². The van der Waals surface area contributed by atoms with Crippen molar-refractivity contribution in [2.24, 2.45) is 0 Å². The normalized spacial score (nSPS) is 26.3. The third-order valence-corrected chi connectivity index (χ3v) is 2.86. The molecule has 0 spiro atoms. The van der Waals surface area contributed by atoms with Crippen LogP contribution in [0.15, 0.2) is 0 Å². The van der Waals surface area contributed by atoms with Crippen molar-refractivity contribution >= 4 is 10.0 Å². The molecule has 1 rings (SSSR count). The van der Waals surface area contributed by atoms with Crippen molar-refractivity contribution < 1.29 is 8.42 Å². The number of hydrogen-bond donors (Lipinski definition) is 1. The van der Waals surface area contributed by atoms with E-state index in [9.17, 15) is 8.42 Å².